The van der Waals surface area contributed by atoms with Crippen molar-refractivity contribution < 1.29 is 4.42 Å². The summed E-state index contributed by atoms with van der Waals surface area (Å²) >= 11 is 0. The lowest BCUT2D eigenvalue weighted by molar-refractivity contribution is 0.573. The van der Waals surface area contributed by atoms with Crippen LogP contribution >= 0.6 is 0 Å². The second kappa shape index (κ2) is 2.62. The summed E-state index contributed by atoms with van der Waals surface area (Å²) in [5, 5.41) is 0. The Morgan fingerprint density at radius 3 is 2.45 bits per heavy atom. The topological polar surface area (TPSA) is 13.1 Å². The maximum Gasteiger partial charge on any atom is 0.170 e. The molecule has 0 N–H and O–H groups in total. The molecule has 2 rings (SSSR count). The molecule has 0 fully saturated rings. The molecule has 0 saturated carbocycles. The zero-order valence-corrected chi connectivity index (χ0v) is 5.95. The summed E-state index contributed by atoms with van der Waals surface area (Å²) < 4.78 is 5.09. The lowest BCUT2D eigenvalue weighted by Crippen LogP contribution is -1.69. The van der Waals surface area contributed by atoms with Crippen LogP contribution in [0.4, 0.5) is 0 Å². The molecular formula is C10H7O. The van der Waals surface area contributed by atoms with E-state index in [1.165, 1.54) is 0 Å². The van der Waals surface area contributed by atoms with Crippen molar-refractivity contribution in [1.29, 1.82) is 0 Å². The van der Waals surface area contributed by atoms with Gasteiger partial charge in [-0.15, -0.1) is 0 Å². The van der Waals surface area contributed by atoms with Crippen molar-refractivity contribution in [3.05, 3.63) is 48.7 Å². The summed E-state index contributed by atoms with van der Waals surface area (Å²) in [5.74, 6) is 0.866. The molecule has 0 aliphatic heterocycles. The first-order valence-electron chi connectivity index (χ1n) is 3.48. The standard InChI is InChI=1S/C10H7O/c1-2-5-9(6-3-1)10-7-4-8-11-10/h1-7H. The van der Waals surface area contributed by atoms with Crippen LogP contribution in [0.2, 0.25) is 0 Å². The summed E-state index contributed by atoms with van der Waals surface area (Å²) in [6, 6.07) is 13.6. The van der Waals surface area contributed by atoms with Crippen LogP contribution in [0.25, 0.3) is 11.3 Å². The minimum atomic E-state index is 0.866. The highest BCUT2D eigenvalue weighted by Gasteiger charge is 1.96. The molecule has 1 nitrogen and oxygen atoms in total. The van der Waals surface area contributed by atoms with Gasteiger partial charge < -0.3 is 4.42 Å². The van der Waals surface area contributed by atoms with Crippen LogP contribution in [0.3, 0.4) is 0 Å². The monoisotopic (exact) mass is 143 g/mol. The Kier molecular flexibility index (Phi) is 1.48. The highest BCUT2D eigenvalue weighted by atomic mass is 16.3. The minimum absolute atomic E-state index is 0.866. The molecule has 0 bridgehead atoms. The summed E-state index contributed by atoms with van der Waals surface area (Å²) in [7, 11) is 0. The fourth-order valence-corrected chi connectivity index (χ4v) is 0.999. The van der Waals surface area contributed by atoms with E-state index in [1.54, 1.807) is 6.07 Å². The fraction of sp³-hybridized carbons (Fsp3) is 0. The van der Waals surface area contributed by atoms with E-state index in [1.807, 2.05) is 36.4 Å². The molecule has 1 aromatic carbocycles. The Morgan fingerprint density at radius 2 is 1.82 bits per heavy atom. The first kappa shape index (κ1) is 6.23. The van der Waals surface area contributed by atoms with Crippen molar-refractivity contribution in [2.45, 2.75) is 0 Å². The smallest absolute Gasteiger partial charge is 0.170 e. The van der Waals surface area contributed by atoms with Gasteiger partial charge in [0.25, 0.3) is 0 Å². The van der Waals surface area contributed by atoms with Gasteiger partial charge in [0.1, 0.15) is 5.76 Å². The first-order valence-corrected chi connectivity index (χ1v) is 3.48. The van der Waals surface area contributed by atoms with E-state index in [2.05, 4.69) is 6.26 Å². The van der Waals surface area contributed by atoms with Crippen molar-refractivity contribution in [2.24, 2.45) is 0 Å². The van der Waals surface area contributed by atoms with Crippen LogP contribution < -0.4 is 0 Å². The zero-order chi connectivity index (χ0) is 7.52. The highest BCUT2D eigenvalue weighted by Crippen LogP contribution is 2.17. The summed E-state index contributed by atoms with van der Waals surface area (Å²) in [4.78, 5) is 0. The quantitative estimate of drug-likeness (QED) is 0.598. The molecule has 0 amide bonds. The van der Waals surface area contributed by atoms with Gasteiger partial charge in [-0.05, 0) is 12.1 Å². The molecule has 1 heterocycles. The first-order chi connectivity index (χ1) is 5.47. The van der Waals surface area contributed by atoms with E-state index >= 15 is 0 Å². The maximum atomic E-state index is 5.09. The largest absolute Gasteiger partial charge is 0.453 e. The minimum Gasteiger partial charge on any atom is -0.453 e. The van der Waals surface area contributed by atoms with Gasteiger partial charge in [0.05, 0.1) is 0 Å². The fourth-order valence-electron chi connectivity index (χ4n) is 0.999. The SMILES string of the molecule is [c]1ccc(-c2ccccc2)o1. The molecule has 0 saturated heterocycles. The van der Waals surface area contributed by atoms with Gasteiger partial charge in [0.15, 0.2) is 6.26 Å². The second-order valence-corrected chi connectivity index (χ2v) is 2.28. The Labute approximate surface area is 65.3 Å². The van der Waals surface area contributed by atoms with Crippen molar-refractivity contribution in [1.82, 2.24) is 0 Å². The predicted molar refractivity (Wildman–Crippen MR) is 43.0 cm³/mol. The van der Waals surface area contributed by atoms with Crippen LogP contribution in [0, 0.1) is 6.26 Å². The van der Waals surface area contributed by atoms with Crippen LogP contribution in [0.15, 0.2) is 46.9 Å². The summed E-state index contributed by atoms with van der Waals surface area (Å²) in [6.45, 7) is 0. The lowest BCUT2D eigenvalue weighted by Gasteiger charge is -1.92. The summed E-state index contributed by atoms with van der Waals surface area (Å²) in [6.07, 6.45) is 2.65. The lowest BCUT2D eigenvalue weighted by atomic mass is 10.2. The van der Waals surface area contributed by atoms with E-state index in [9.17, 15) is 0 Å². The van der Waals surface area contributed by atoms with Gasteiger partial charge in [-0.2, -0.15) is 0 Å². The molecule has 0 spiro atoms. The van der Waals surface area contributed by atoms with Gasteiger partial charge in [0, 0.05) is 5.56 Å². The molecule has 2 aromatic rings. The third-order valence-electron chi connectivity index (χ3n) is 1.53. The van der Waals surface area contributed by atoms with E-state index in [0.717, 1.165) is 11.3 Å². The molecule has 0 aliphatic carbocycles. The number of hydrogen-bond acceptors (Lipinski definition) is 1. The second-order valence-electron chi connectivity index (χ2n) is 2.28. The Morgan fingerprint density at radius 1 is 1.00 bits per heavy atom. The normalized spacial score (nSPS) is 9.82. The van der Waals surface area contributed by atoms with Crippen LogP contribution in [-0.2, 0) is 0 Å². The maximum absolute atomic E-state index is 5.09. The van der Waals surface area contributed by atoms with Crippen LogP contribution in [0.5, 0.6) is 0 Å². The average Bonchev–Trinajstić information content (AvgIpc) is 2.58. The van der Waals surface area contributed by atoms with Gasteiger partial charge >= 0.3 is 0 Å². The predicted octanol–water partition coefficient (Wildman–Crippen LogP) is 2.75. The van der Waals surface area contributed by atoms with Crippen molar-refractivity contribution in [3.8, 4) is 11.3 Å². The molecular weight excluding hydrogens is 136 g/mol. The van der Waals surface area contributed by atoms with Gasteiger partial charge in [-0.1, -0.05) is 30.3 Å². The molecule has 1 heteroatoms. The Bertz CT molecular complexity index is 308. The van der Waals surface area contributed by atoms with Gasteiger partial charge in [-0.3, -0.25) is 0 Å². The third-order valence-corrected chi connectivity index (χ3v) is 1.53. The number of benzene rings is 1. The molecule has 1 radical (unpaired) electrons. The third kappa shape index (κ3) is 1.17. The van der Waals surface area contributed by atoms with Crippen molar-refractivity contribution in [2.75, 3.05) is 0 Å². The molecule has 0 unspecified atom stereocenters. The van der Waals surface area contributed by atoms with Gasteiger partial charge in [-0.25, -0.2) is 0 Å². The number of furan rings is 1. The Balaban J connectivity index is 2.46. The van der Waals surface area contributed by atoms with E-state index in [-0.39, 0.29) is 0 Å². The van der Waals surface area contributed by atoms with Crippen LogP contribution in [0.1, 0.15) is 0 Å². The summed E-state index contributed by atoms with van der Waals surface area (Å²) in [5.41, 5.74) is 1.09. The van der Waals surface area contributed by atoms with Crippen LogP contribution in [-0.4, -0.2) is 0 Å². The van der Waals surface area contributed by atoms with E-state index in [4.69, 9.17) is 4.42 Å². The van der Waals surface area contributed by atoms with E-state index in [0.29, 0.717) is 0 Å². The molecule has 0 atom stereocenters. The molecule has 1 aromatic heterocycles. The van der Waals surface area contributed by atoms with Crippen molar-refractivity contribution >= 4 is 0 Å². The molecule has 0 aliphatic rings. The van der Waals surface area contributed by atoms with E-state index < -0.39 is 0 Å². The number of hydrogen-bond donors (Lipinski definition) is 0. The van der Waals surface area contributed by atoms with Crippen molar-refractivity contribution in [3.63, 3.8) is 0 Å². The zero-order valence-electron chi connectivity index (χ0n) is 5.95. The van der Waals surface area contributed by atoms with Gasteiger partial charge in [0.2, 0.25) is 0 Å². The molecule has 11 heavy (non-hydrogen) atoms. The number of rotatable bonds is 1. The average molecular weight is 143 g/mol. The molecule has 53 valence electrons. The highest BCUT2D eigenvalue weighted by molar-refractivity contribution is 5.56. The Hall–Kier alpha value is -1.50.